The summed E-state index contributed by atoms with van der Waals surface area (Å²) in [5.41, 5.74) is 1.91. The van der Waals surface area contributed by atoms with Crippen LogP contribution in [0.25, 0.3) is 0 Å². The molecule has 0 N–H and O–H groups in total. The molecule has 0 radical (unpaired) electrons. The minimum absolute atomic E-state index is 0.0983. The topological polar surface area (TPSA) is 42.2 Å². The van der Waals surface area contributed by atoms with Gasteiger partial charge in [-0.2, -0.15) is 5.26 Å². The molecule has 0 unspecified atom stereocenters. The summed E-state index contributed by atoms with van der Waals surface area (Å²) in [5.74, 6) is 0.976. The molecule has 2 aliphatic rings. The summed E-state index contributed by atoms with van der Waals surface area (Å²) >= 11 is 0. The lowest BCUT2D eigenvalue weighted by Gasteiger charge is -2.32. The van der Waals surface area contributed by atoms with Crippen molar-refractivity contribution in [3.05, 3.63) is 35.4 Å². The molecule has 0 spiro atoms. The van der Waals surface area contributed by atoms with E-state index in [0.717, 1.165) is 12.0 Å². The van der Waals surface area contributed by atoms with E-state index in [9.17, 15) is 0 Å². The number of nitriles is 1. The van der Waals surface area contributed by atoms with E-state index >= 15 is 0 Å². The summed E-state index contributed by atoms with van der Waals surface area (Å²) in [5, 5.41) is 8.71. The van der Waals surface area contributed by atoms with Gasteiger partial charge in [0.2, 0.25) is 0 Å². The average molecular weight is 283 g/mol. The fourth-order valence-electron chi connectivity index (χ4n) is 2.94. The molecule has 0 aromatic heterocycles. The van der Waals surface area contributed by atoms with E-state index in [1.54, 1.807) is 0 Å². The SMILES string of the molecule is CC1(C)OB([C@@H]2C[C@H]2c2ccc(CC#N)cc2)OC1(C)C. The van der Waals surface area contributed by atoms with Crippen LogP contribution in [0.15, 0.2) is 24.3 Å². The molecule has 0 bridgehead atoms. The van der Waals surface area contributed by atoms with E-state index in [1.807, 2.05) is 0 Å². The average Bonchev–Trinajstić information content (AvgIpc) is 3.14. The lowest BCUT2D eigenvalue weighted by molar-refractivity contribution is 0.00578. The molecule has 1 saturated heterocycles. The number of benzene rings is 1. The molecular weight excluding hydrogens is 261 g/mol. The summed E-state index contributed by atoms with van der Waals surface area (Å²) in [6.45, 7) is 8.39. The maximum absolute atomic E-state index is 8.71. The molecular formula is C17H22BNO2. The molecule has 2 atom stereocenters. The first-order valence-corrected chi connectivity index (χ1v) is 7.65. The van der Waals surface area contributed by atoms with Crippen LogP contribution in [0.4, 0.5) is 0 Å². The highest BCUT2D eigenvalue weighted by Crippen LogP contribution is 2.58. The molecule has 1 aromatic carbocycles. The van der Waals surface area contributed by atoms with Gasteiger partial charge in [-0.15, -0.1) is 0 Å². The Labute approximate surface area is 127 Å². The first-order valence-electron chi connectivity index (χ1n) is 7.65. The first kappa shape index (κ1) is 14.6. The van der Waals surface area contributed by atoms with Crippen LogP contribution in [0, 0.1) is 11.3 Å². The van der Waals surface area contributed by atoms with Gasteiger partial charge in [0.15, 0.2) is 0 Å². The highest BCUT2D eigenvalue weighted by Gasteiger charge is 2.59. The van der Waals surface area contributed by atoms with Crippen LogP contribution >= 0.6 is 0 Å². The highest BCUT2D eigenvalue weighted by atomic mass is 16.7. The molecule has 3 nitrogen and oxygen atoms in total. The van der Waals surface area contributed by atoms with Gasteiger partial charge in [-0.1, -0.05) is 24.3 Å². The summed E-state index contributed by atoms with van der Waals surface area (Å²) in [4.78, 5) is 0. The number of hydrogen-bond acceptors (Lipinski definition) is 3. The van der Waals surface area contributed by atoms with Crippen LogP contribution in [-0.2, 0) is 15.7 Å². The maximum Gasteiger partial charge on any atom is 0.461 e. The molecule has 1 aromatic rings. The van der Waals surface area contributed by atoms with E-state index < -0.39 is 0 Å². The smallest absolute Gasteiger partial charge is 0.403 e. The van der Waals surface area contributed by atoms with Crippen molar-refractivity contribution in [2.24, 2.45) is 0 Å². The van der Waals surface area contributed by atoms with Crippen LogP contribution in [0.2, 0.25) is 5.82 Å². The predicted octanol–water partition coefficient (Wildman–Crippen LogP) is 3.70. The van der Waals surface area contributed by atoms with Crippen molar-refractivity contribution in [3.63, 3.8) is 0 Å². The zero-order chi connectivity index (χ0) is 15.3. The Bertz CT molecular complexity index is 557. The van der Waals surface area contributed by atoms with Gasteiger partial charge >= 0.3 is 7.12 Å². The van der Waals surface area contributed by atoms with E-state index in [0.29, 0.717) is 18.2 Å². The molecule has 21 heavy (non-hydrogen) atoms. The van der Waals surface area contributed by atoms with Crippen molar-refractivity contribution < 1.29 is 9.31 Å². The van der Waals surface area contributed by atoms with Gasteiger partial charge in [-0.25, -0.2) is 0 Å². The number of rotatable bonds is 3. The van der Waals surface area contributed by atoms with Gasteiger partial charge < -0.3 is 9.31 Å². The Kier molecular flexibility index (Phi) is 3.39. The van der Waals surface area contributed by atoms with E-state index in [4.69, 9.17) is 14.6 Å². The third-order valence-electron chi connectivity index (χ3n) is 5.15. The van der Waals surface area contributed by atoms with Crippen molar-refractivity contribution >= 4 is 7.12 Å². The summed E-state index contributed by atoms with van der Waals surface area (Å²) < 4.78 is 12.3. The van der Waals surface area contributed by atoms with Crippen LogP contribution < -0.4 is 0 Å². The van der Waals surface area contributed by atoms with Gasteiger partial charge in [0, 0.05) is 5.82 Å². The summed E-state index contributed by atoms with van der Waals surface area (Å²) in [7, 11) is -0.0983. The molecule has 110 valence electrons. The highest BCUT2D eigenvalue weighted by molar-refractivity contribution is 6.49. The molecule has 1 aliphatic heterocycles. The Morgan fingerprint density at radius 3 is 2.24 bits per heavy atom. The predicted molar refractivity (Wildman–Crippen MR) is 82.9 cm³/mol. The van der Waals surface area contributed by atoms with Gasteiger partial charge in [0.05, 0.1) is 23.7 Å². The normalized spacial score (nSPS) is 29.2. The maximum atomic E-state index is 8.71. The fraction of sp³-hybridized carbons (Fsp3) is 0.588. The van der Waals surface area contributed by atoms with Gasteiger partial charge in [-0.3, -0.25) is 0 Å². The largest absolute Gasteiger partial charge is 0.461 e. The van der Waals surface area contributed by atoms with E-state index in [1.165, 1.54) is 5.56 Å². The number of hydrogen-bond donors (Lipinski definition) is 0. The molecule has 3 rings (SSSR count). The van der Waals surface area contributed by atoms with E-state index in [2.05, 4.69) is 58.0 Å². The van der Waals surface area contributed by atoms with Gasteiger partial charge in [0.1, 0.15) is 0 Å². The second-order valence-corrected chi connectivity index (χ2v) is 7.21. The third kappa shape index (κ3) is 2.61. The van der Waals surface area contributed by atoms with E-state index in [-0.39, 0.29) is 18.3 Å². The number of nitrogens with zero attached hydrogens (tertiary/aromatic N) is 1. The Morgan fingerprint density at radius 2 is 1.71 bits per heavy atom. The van der Waals surface area contributed by atoms with Crippen LogP contribution in [0.1, 0.15) is 51.2 Å². The Balaban J connectivity index is 1.66. The van der Waals surface area contributed by atoms with Crippen molar-refractivity contribution in [1.29, 1.82) is 5.26 Å². The van der Waals surface area contributed by atoms with Crippen molar-refractivity contribution in [1.82, 2.24) is 0 Å². The van der Waals surface area contributed by atoms with Gasteiger partial charge in [-0.05, 0) is 51.2 Å². The third-order valence-corrected chi connectivity index (χ3v) is 5.15. The monoisotopic (exact) mass is 283 g/mol. The lowest BCUT2D eigenvalue weighted by Crippen LogP contribution is -2.41. The molecule has 0 amide bonds. The summed E-state index contributed by atoms with van der Waals surface area (Å²) in [6, 6.07) is 10.6. The molecule has 2 fully saturated rings. The van der Waals surface area contributed by atoms with Crippen molar-refractivity contribution in [3.8, 4) is 6.07 Å². The van der Waals surface area contributed by atoms with Gasteiger partial charge in [0.25, 0.3) is 0 Å². The van der Waals surface area contributed by atoms with Crippen LogP contribution in [0.3, 0.4) is 0 Å². The lowest BCUT2D eigenvalue weighted by atomic mass is 9.79. The Hall–Kier alpha value is -1.31. The van der Waals surface area contributed by atoms with Crippen LogP contribution in [0.5, 0.6) is 0 Å². The second-order valence-electron chi connectivity index (χ2n) is 7.21. The Morgan fingerprint density at radius 1 is 1.14 bits per heavy atom. The van der Waals surface area contributed by atoms with Crippen molar-refractivity contribution in [2.75, 3.05) is 0 Å². The minimum atomic E-state index is -0.249. The zero-order valence-corrected chi connectivity index (χ0v) is 13.2. The van der Waals surface area contributed by atoms with Crippen LogP contribution in [-0.4, -0.2) is 18.3 Å². The fourth-order valence-corrected chi connectivity index (χ4v) is 2.94. The zero-order valence-electron chi connectivity index (χ0n) is 13.2. The van der Waals surface area contributed by atoms with Crippen molar-refractivity contribution in [2.45, 2.75) is 63.5 Å². The standard InChI is InChI=1S/C17H22BNO2/c1-16(2)17(3,4)21-18(20-16)15-11-14(15)13-7-5-12(6-8-13)9-10-19/h5-8,14-15H,9,11H2,1-4H3/t14-,15+/m0/s1. The minimum Gasteiger partial charge on any atom is -0.403 e. The molecule has 1 saturated carbocycles. The second kappa shape index (κ2) is 4.86. The molecule has 1 heterocycles. The first-order chi connectivity index (χ1) is 9.84. The molecule has 4 heteroatoms. The molecule has 1 aliphatic carbocycles. The summed E-state index contributed by atoms with van der Waals surface area (Å²) in [6.07, 6.45) is 1.60. The quantitative estimate of drug-likeness (QED) is 0.794.